The lowest BCUT2D eigenvalue weighted by atomic mass is 9.95. The summed E-state index contributed by atoms with van der Waals surface area (Å²) in [5, 5.41) is 3.32. The average molecular weight is 213 g/mol. The molecule has 1 aliphatic heterocycles. The Morgan fingerprint density at radius 3 is 2.87 bits per heavy atom. The van der Waals surface area contributed by atoms with Crippen LogP contribution in [0.15, 0.2) is 0 Å². The average Bonchev–Trinajstić information content (AvgIpc) is 2.16. The van der Waals surface area contributed by atoms with Crippen molar-refractivity contribution in [3.63, 3.8) is 0 Å². The van der Waals surface area contributed by atoms with Crippen molar-refractivity contribution in [2.45, 2.75) is 45.2 Å². The molecule has 88 valence electrons. The minimum atomic E-state index is -0.689. The van der Waals surface area contributed by atoms with Crippen LogP contribution in [0.3, 0.4) is 0 Å². The minimum absolute atomic E-state index is 0.0951. The Morgan fingerprint density at radius 1 is 1.67 bits per heavy atom. The molecule has 2 unspecified atom stereocenters. The minimum Gasteiger partial charge on any atom is -0.338 e. The standard InChI is InChI=1S/C11H23N3O/c1-4-5-11(3,12)10(15)14-7-6-13-9(2)8-14/h9,13H,4-8,12H2,1-3H3. The highest BCUT2D eigenvalue weighted by molar-refractivity contribution is 5.85. The van der Waals surface area contributed by atoms with Crippen molar-refractivity contribution >= 4 is 5.91 Å². The second-order valence-electron chi connectivity index (χ2n) is 4.77. The zero-order valence-electron chi connectivity index (χ0n) is 10.0. The molecule has 1 rings (SSSR count). The number of hydrogen-bond donors (Lipinski definition) is 2. The van der Waals surface area contributed by atoms with Crippen LogP contribution < -0.4 is 11.1 Å². The normalized spacial score (nSPS) is 26.1. The Kier molecular flexibility index (Phi) is 4.11. The summed E-state index contributed by atoms with van der Waals surface area (Å²) >= 11 is 0. The number of carbonyl (C=O) groups excluding carboxylic acids is 1. The highest BCUT2D eigenvalue weighted by Crippen LogP contribution is 2.14. The Bertz CT molecular complexity index is 228. The van der Waals surface area contributed by atoms with E-state index in [1.54, 1.807) is 0 Å². The van der Waals surface area contributed by atoms with Gasteiger partial charge in [-0.25, -0.2) is 0 Å². The summed E-state index contributed by atoms with van der Waals surface area (Å²) < 4.78 is 0. The van der Waals surface area contributed by atoms with Crippen molar-refractivity contribution < 1.29 is 4.79 Å². The van der Waals surface area contributed by atoms with Gasteiger partial charge in [0.05, 0.1) is 5.54 Å². The summed E-state index contributed by atoms with van der Waals surface area (Å²) in [6, 6.07) is 0.375. The van der Waals surface area contributed by atoms with Crippen LogP contribution in [-0.2, 0) is 4.79 Å². The summed E-state index contributed by atoms with van der Waals surface area (Å²) in [5.74, 6) is 0.0951. The van der Waals surface area contributed by atoms with Gasteiger partial charge in [-0.2, -0.15) is 0 Å². The van der Waals surface area contributed by atoms with E-state index in [1.807, 2.05) is 11.8 Å². The van der Waals surface area contributed by atoms with Crippen LogP contribution in [0.1, 0.15) is 33.6 Å². The molecule has 4 nitrogen and oxygen atoms in total. The van der Waals surface area contributed by atoms with Gasteiger partial charge in [-0.15, -0.1) is 0 Å². The van der Waals surface area contributed by atoms with Gasteiger partial charge in [0.25, 0.3) is 0 Å². The Morgan fingerprint density at radius 2 is 2.33 bits per heavy atom. The van der Waals surface area contributed by atoms with Gasteiger partial charge < -0.3 is 16.0 Å². The molecule has 1 fully saturated rings. The fourth-order valence-electron chi connectivity index (χ4n) is 2.10. The fraction of sp³-hybridized carbons (Fsp3) is 0.909. The van der Waals surface area contributed by atoms with E-state index in [-0.39, 0.29) is 5.91 Å². The summed E-state index contributed by atoms with van der Waals surface area (Å²) in [7, 11) is 0. The largest absolute Gasteiger partial charge is 0.338 e. The van der Waals surface area contributed by atoms with Gasteiger partial charge in [-0.3, -0.25) is 4.79 Å². The molecule has 4 heteroatoms. The third-order valence-corrected chi connectivity index (χ3v) is 2.91. The smallest absolute Gasteiger partial charge is 0.242 e. The van der Waals surface area contributed by atoms with Crippen molar-refractivity contribution in [3.8, 4) is 0 Å². The van der Waals surface area contributed by atoms with E-state index in [4.69, 9.17) is 5.73 Å². The van der Waals surface area contributed by atoms with E-state index in [1.165, 1.54) is 0 Å². The molecule has 0 saturated carbocycles. The van der Waals surface area contributed by atoms with Gasteiger partial charge in [0.2, 0.25) is 5.91 Å². The zero-order chi connectivity index (χ0) is 11.5. The van der Waals surface area contributed by atoms with Gasteiger partial charge in [0.15, 0.2) is 0 Å². The number of nitrogens with one attached hydrogen (secondary N) is 1. The lowest BCUT2D eigenvalue weighted by molar-refractivity contribution is -0.137. The van der Waals surface area contributed by atoms with E-state index >= 15 is 0 Å². The van der Waals surface area contributed by atoms with Crippen LogP contribution >= 0.6 is 0 Å². The van der Waals surface area contributed by atoms with Crippen molar-refractivity contribution in [2.75, 3.05) is 19.6 Å². The maximum atomic E-state index is 12.1. The number of carbonyl (C=O) groups is 1. The third kappa shape index (κ3) is 3.18. The second kappa shape index (κ2) is 4.94. The predicted octanol–water partition coefficient (Wildman–Crippen LogP) is 0.324. The van der Waals surface area contributed by atoms with Crippen LogP contribution in [0.4, 0.5) is 0 Å². The van der Waals surface area contributed by atoms with Gasteiger partial charge in [-0.1, -0.05) is 13.3 Å². The Balaban J connectivity index is 2.58. The lowest BCUT2D eigenvalue weighted by Crippen LogP contribution is -2.59. The first-order chi connectivity index (χ1) is 6.97. The molecule has 1 heterocycles. The fourth-order valence-corrected chi connectivity index (χ4v) is 2.10. The molecular weight excluding hydrogens is 190 g/mol. The number of nitrogens with two attached hydrogens (primary N) is 1. The molecule has 0 bridgehead atoms. The number of hydrogen-bond acceptors (Lipinski definition) is 3. The third-order valence-electron chi connectivity index (χ3n) is 2.91. The van der Waals surface area contributed by atoms with Crippen LogP contribution in [0.2, 0.25) is 0 Å². The Labute approximate surface area is 92.2 Å². The summed E-state index contributed by atoms with van der Waals surface area (Å²) in [5.41, 5.74) is 5.35. The summed E-state index contributed by atoms with van der Waals surface area (Å²) in [6.07, 6.45) is 1.70. The molecule has 1 saturated heterocycles. The summed E-state index contributed by atoms with van der Waals surface area (Å²) in [4.78, 5) is 14.0. The molecule has 3 N–H and O–H groups in total. The van der Waals surface area contributed by atoms with Crippen LogP contribution in [-0.4, -0.2) is 42.0 Å². The Hall–Kier alpha value is -0.610. The van der Waals surface area contributed by atoms with Crippen molar-refractivity contribution in [1.82, 2.24) is 10.2 Å². The number of amides is 1. The molecule has 0 aliphatic carbocycles. The van der Waals surface area contributed by atoms with E-state index in [0.29, 0.717) is 6.04 Å². The van der Waals surface area contributed by atoms with E-state index in [9.17, 15) is 4.79 Å². The topological polar surface area (TPSA) is 58.4 Å². The monoisotopic (exact) mass is 213 g/mol. The van der Waals surface area contributed by atoms with E-state index < -0.39 is 5.54 Å². The maximum Gasteiger partial charge on any atom is 0.242 e. The number of rotatable bonds is 3. The predicted molar refractivity (Wildman–Crippen MR) is 61.5 cm³/mol. The zero-order valence-corrected chi connectivity index (χ0v) is 10.0. The lowest BCUT2D eigenvalue weighted by Gasteiger charge is -2.37. The quantitative estimate of drug-likeness (QED) is 0.710. The SMILES string of the molecule is CCCC(C)(N)C(=O)N1CCNC(C)C1. The van der Waals surface area contributed by atoms with Crippen molar-refractivity contribution in [3.05, 3.63) is 0 Å². The number of nitrogens with zero attached hydrogens (tertiary/aromatic N) is 1. The van der Waals surface area contributed by atoms with Crippen molar-refractivity contribution in [1.29, 1.82) is 0 Å². The molecule has 2 atom stereocenters. The molecule has 0 spiro atoms. The highest BCUT2D eigenvalue weighted by Gasteiger charge is 2.33. The maximum absolute atomic E-state index is 12.1. The van der Waals surface area contributed by atoms with Gasteiger partial charge in [-0.05, 0) is 20.3 Å². The first-order valence-corrected chi connectivity index (χ1v) is 5.79. The van der Waals surface area contributed by atoms with Crippen LogP contribution in [0.25, 0.3) is 0 Å². The molecular formula is C11H23N3O. The molecule has 15 heavy (non-hydrogen) atoms. The van der Waals surface area contributed by atoms with Gasteiger partial charge >= 0.3 is 0 Å². The second-order valence-corrected chi connectivity index (χ2v) is 4.77. The molecule has 0 aromatic carbocycles. The molecule has 1 amide bonds. The molecule has 0 aromatic rings. The number of piperazine rings is 1. The van der Waals surface area contributed by atoms with Crippen LogP contribution in [0.5, 0.6) is 0 Å². The van der Waals surface area contributed by atoms with E-state index in [0.717, 1.165) is 32.5 Å². The molecule has 0 aromatic heterocycles. The molecule has 1 aliphatic rings. The van der Waals surface area contributed by atoms with E-state index in [2.05, 4.69) is 19.2 Å². The first kappa shape index (κ1) is 12.5. The summed E-state index contributed by atoms with van der Waals surface area (Å²) in [6.45, 7) is 8.40. The molecule has 0 radical (unpaired) electrons. The highest BCUT2D eigenvalue weighted by atomic mass is 16.2. The first-order valence-electron chi connectivity index (χ1n) is 5.79. The van der Waals surface area contributed by atoms with Gasteiger partial charge in [0.1, 0.15) is 0 Å². The van der Waals surface area contributed by atoms with Crippen LogP contribution in [0, 0.1) is 0 Å². The van der Waals surface area contributed by atoms with Crippen molar-refractivity contribution in [2.24, 2.45) is 5.73 Å². The van der Waals surface area contributed by atoms with Gasteiger partial charge in [0, 0.05) is 25.7 Å².